The smallest absolute Gasteiger partial charge is 0.293 e. The van der Waals surface area contributed by atoms with Gasteiger partial charge in [0.1, 0.15) is 5.69 Å². The molecule has 0 aliphatic carbocycles. The van der Waals surface area contributed by atoms with Crippen LogP contribution >= 0.6 is 11.8 Å². The van der Waals surface area contributed by atoms with Gasteiger partial charge in [-0.05, 0) is 36.2 Å². The molecule has 0 saturated carbocycles. The lowest BCUT2D eigenvalue weighted by Crippen LogP contribution is -2.16. The Hall–Kier alpha value is -3.92. The maximum Gasteiger partial charge on any atom is 0.293 e. The topological polar surface area (TPSA) is 116 Å². The van der Waals surface area contributed by atoms with Gasteiger partial charge < -0.3 is 9.73 Å². The molecule has 9 nitrogen and oxygen atoms in total. The van der Waals surface area contributed by atoms with Gasteiger partial charge in [-0.1, -0.05) is 48.2 Å². The van der Waals surface area contributed by atoms with E-state index in [0.29, 0.717) is 23.3 Å². The number of hydrogen-bond donors (Lipinski definition) is 1. The van der Waals surface area contributed by atoms with Crippen molar-refractivity contribution < 1.29 is 14.1 Å². The van der Waals surface area contributed by atoms with Gasteiger partial charge in [-0.25, -0.2) is 0 Å². The second-order valence-electron chi connectivity index (χ2n) is 6.97. The first-order valence-corrected chi connectivity index (χ1v) is 10.7. The van der Waals surface area contributed by atoms with Crippen LogP contribution in [0.2, 0.25) is 0 Å². The second-order valence-corrected chi connectivity index (χ2v) is 7.91. The average molecular weight is 449 g/mol. The number of aryl methyl sites for hydroxylation is 1. The molecular weight excluding hydrogens is 430 g/mol. The van der Waals surface area contributed by atoms with E-state index in [4.69, 9.17) is 4.42 Å². The number of carbonyl (C=O) groups excluding carboxylic acids is 1. The number of furan rings is 1. The van der Waals surface area contributed by atoms with E-state index in [1.54, 1.807) is 31.4 Å². The van der Waals surface area contributed by atoms with E-state index in [-0.39, 0.29) is 23.0 Å². The predicted octanol–water partition coefficient (Wildman–Crippen LogP) is 4.53. The van der Waals surface area contributed by atoms with Gasteiger partial charge in [0.15, 0.2) is 10.9 Å². The van der Waals surface area contributed by atoms with Gasteiger partial charge in [-0.2, -0.15) is 0 Å². The van der Waals surface area contributed by atoms with E-state index >= 15 is 0 Å². The number of anilines is 1. The third-order valence-electron chi connectivity index (χ3n) is 4.60. The van der Waals surface area contributed by atoms with Crippen molar-refractivity contribution in [1.29, 1.82) is 0 Å². The Balaban J connectivity index is 1.52. The summed E-state index contributed by atoms with van der Waals surface area (Å²) in [4.78, 5) is 23.3. The van der Waals surface area contributed by atoms with Gasteiger partial charge in [0.05, 0.1) is 23.5 Å². The molecule has 0 saturated heterocycles. The first-order chi connectivity index (χ1) is 15.5. The van der Waals surface area contributed by atoms with Crippen molar-refractivity contribution in [2.45, 2.75) is 18.6 Å². The molecule has 0 unspecified atom stereocenters. The molecule has 2 heterocycles. The molecule has 1 amide bonds. The van der Waals surface area contributed by atoms with E-state index in [0.717, 1.165) is 11.1 Å². The number of nitrogens with one attached hydrogen (secondary N) is 1. The number of nitro groups is 1. The Kier molecular flexibility index (Phi) is 6.31. The van der Waals surface area contributed by atoms with Crippen LogP contribution in [0.5, 0.6) is 0 Å². The summed E-state index contributed by atoms with van der Waals surface area (Å²) >= 11 is 1.19. The van der Waals surface area contributed by atoms with Gasteiger partial charge >= 0.3 is 0 Å². The van der Waals surface area contributed by atoms with Crippen LogP contribution in [0.25, 0.3) is 11.6 Å². The number of benzene rings is 2. The summed E-state index contributed by atoms with van der Waals surface area (Å²) < 4.78 is 7.36. The number of thioether (sulfide) groups is 1. The van der Waals surface area contributed by atoms with Crippen LogP contribution < -0.4 is 5.32 Å². The quantitative estimate of drug-likeness (QED) is 0.239. The fraction of sp³-hybridized carbons (Fsp3) is 0.136. The Morgan fingerprint density at radius 1 is 1.16 bits per heavy atom. The molecule has 162 valence electrons. The zero-order chi connectivity index (χ0) is 22.5. The summed E-state index contributed by atoms with van der Waals surface area (Å²) in [7, 11) is 0. The molecular formula is C22H19N5O4S. The minimum atomic E-state index is -0.512. The highest BCUT2D eigenvalue weighted by Crippen LogP contribution is 2.28. The van der Waals surface area contributed by atoms with Crippen LogP contribution in [0, 0.1) is 17.0 Å². The van der Waals surface area contributed by atoms with Gasteiger partial charge in [0, 0.05) is 6.07 Å². The summed E-state index contributed by atoms with van der Waals surface area (Å²) in [6.07, 6.45) is 1.56. The first kappa shape index (κ1) is 21.3. The van der Waals surface area contributed by atoms with Crippen molar-refractivity contribution in [2.24, 2.45) is 0 Å². The lowest BCUT2D eigenvalue weighted by Gasteiger charge is -2.10. The van der Waals surface area contributed by atoms with Gasteiger partial charge in [0.2, 0.25) is 11.7 Å². The minimum absolute atomic E-state index is 0.0100. The van der Waals surface area contributed by atoms with Crippen LogP contribution in [0.3, 0.4) is 0 Å². The van der Waals surface area contributed by atoms with Crippen LogP contribution in [0.1, 0.15) is 11.1 Å². The molecule has 4 aromatic rings. The normalized spacial score (nSPS) is 10.8. The van der Waals surface area contributed by atoms with E-state index < -0.39 is 4.92 Å². The monoisotopic (exact) mass is 449 g/mol. The van der Waals surface area contributed by atoms with E-state index in [9.17, 15) is 14.9 Å². The largest absolute Gasteiger partial charge is 0.461 e. The number of rotatable bonds is 8. The third kappa shape index (κ3) is 4.86. The van der Waals surface area contributed by atoms with Crippen molar-refractivity contribution in [3.8, 4) is 11.6 Å². The highest BCUT2D eigenvalue weighted by molar-refractivity contribution is 7.99. The van der Waals surface area contributed by atoms with Crippen molar-refractivity contribution in [3.05, 3.63) is 88.2 Å². The maximum absolute atomic E-state index is 12.5. The molecule has 0 bridgehead atoms. The average Bonchev–Trinajstić information content (AvgIpc) is 3.44. The van der Waals surface area contributed by atoms with Crippen LogP contribution in [-0.2, 0) is 11.3 Å². The van der Waals surface area contributed by atoms with Crippen LogP contribution in [-0.4, -0.2) is 31.3 Å². The first-order valence-electron chi connectivity index (χ1n) is 9.70. The number of nitrogens with zero attached hydrogens (tertiary/aromatic N) is 4. The summed E-state index contributed by atoms with van der Waals surface area (Å²) in [6.45, 7) is 2.25. The number of hydrogen-bond acceptors (Lipinski definition) is 7. The standard InChI is InChI=1S/C22H19N5O4S/c1-15-9-10-17(18(12-15)27(29)30)23-20(28)14-32-22-25-24-21(19-8-5-11-31-19)26(22)13-16-6-3-2-4-7-16/h2-12H,13-14H2,1H3,(H,23,28). The molecule has 10 heteroatoms. The molecule has 2 aromatic carbocycles. The fourth-order valence-corrected chi connectivity index (χ4v) is 3.84. The zero-order valence-electron chi connectivity index (χ0n) is 17.1. The zero-order valence-corrected chi connectivity index (χ0v) is 17.9. The highest BCUT2D eigenvalue weighted by Gasteiger charge is 2.19. The molecule has 0 fully saturated rings. The lowest BCUT2D eigenvalue weighted by atomic mass is 10.2. The summed E-state index contributed by atoms with van der Waals surface area (Å²) in [5.74, 6) is 0.752. The molecule has 32 heavy (non-hydrogen) atoms. The van der Waals surface area contributed by atoms with Crippen molar-refractivity contribution in [1.82, 2.24) is 14.8 Å². The number of nitro benzene ring substituents is 1. The second kappa shape index (κ2) is 9.48. The van der Waals surface area contributed by atoms with Gasteiger partial charge in [-0.15, -0.1) is 10.2 Å². The van der Waals surface area contributed by atoms with Gasteiger partial charge in [0.25, 0.3) is 5.69 Å². The number of amides is 1. The van der Waals surface area contributed by atoms with Crippen LogP contribution in [0.4, 0.5) is 11.4 Å². The molecule has 0 aliphatic heterocycles. The molecule has 0 aliphatic rings. The van der Waals surface area contributed by atoms with Crippen molar-refractivity contribution >= 4 is 29.0 Å². The Morgan fingerprint density at radius 3 is 2.69 bits per heavy atom. The summed E-state index contributed by atoms with van der Waals surface area (Å²) in [5.41, 5.74) is 1.80. The Bertz CT molecular complexity index is 1240. The molecule has 4 rings (SSSR count). The van der Waals surface area contributed by atoms with E-state index in [1.165, 1.54) is 23.9 Å². The van der Waals surface area contributed by atoms with E-state index in [2.05, 4.69) is 15.5 Å². The van der Waals surface area contributed by atoms with Crippen LogP contribution in [0.15, 0.2) is 76.5 Å². The van der Waals surface area contributed by atoms with Crippen molar-refractivity contribution in [2.75, 3.05) is 11.1 Å². The Morgan fingerprint density at radius 2 is 1.97 bits per heavy atom. The molecule has 2 aromatic heterocycles. The fourth-order valence-electron chi connectivity index (χ4n) is 3.11. The molecule has 0 atom stereocenters. The maximum atomic E-state index is 12.5. The molecule has 0 radical (unpaired) electrons. The number of carbonyl (C=O) groups is 1. The predicted molar refractivity (Wildman–Crippen MR) is 120 cm³/mol. The lowest BCUT2D eigenvalue weighted by molar-refractivity contribution is -0.384. The van der Waals surface area contributed by atoms with Gasteiger partial charge in [-0.3, -0.25) is 19.5 Å². The molecule has 1 N–H and O–H groups in total. The summed E-state index contributed by atoms with van der Waals surface area (Å²) in [5, 5.41) is 22.9. The highest BCUT2D eigenvalue weighted by atomic mass is 32.2. The van der Waals surface area contributed by atoms with E-state index in [1.807, 2.05) is 34.9 Å². The SMILES string of the molecule is Cc1ccc(NC(=O)CSc2nnc(-c3ccco3)n2Cc2ccccc2)c([N+](=O)[O-])c1. The summed E-state index contributed by atoms with van der Waals surface area (Å²) in [6, 6.07) is 18.0. The molecule has 0 spiro atoms. The third-order valence-corrected chi connectivity index (χ3v) is 5.57. The number of aromatic nitrogens is 3. The van der Waals surface area contributed by atoms with Crippen molar-refractivity contribution in [3.63, 3.8) is 0 Å². The minimum Gasteiger partial charge on any atom is -0.461 e. The Labute approximate surface area is 187 Å².